The van der Waals surface area contributed by atoms with E-state index < -0.39 is 0 Å². The van der Waals surface area contributed by atoms with Crippen LogP contribution in [0.2, 0.25) is 0 Å². The standard InChI is InChI=1S/C24H23FN4OS/c1-15-11-16(2)22(17(3)12-15)28-21(30)13-29-23-20(9-6-10-26-23)27-24(29)31-14-18-7-4-5-8-19(18)25/h4-12H,13-14H2,1-3H3,(H,28,30). The molecule has 0 unspecified atom stereocenters. The van der Waals surface area contributed by atoms with Gasteiger partial charge in [0.25, 0.3) is 0 Å². The van der Waals surface area contributed by atoms with Crippen molar-refractivity contribution in [1.82, 2.24) is 14.5 Å². The number of pyridine rings is 1. The number of halogens is 1. The molecule has 1 N–H and O–H groups in total. The quantitative estimate of drug-likeness (QED) is 0.411. The predicted molar refractivity (Wildman–Crippen MR) is 123 cm³/mol. The fraction of sp³-hybridized carbons (Fsp3) is 0.208. The van der Waals surface area contributed by atoms with Crippen LogP contribution >= 0.6 is 11.8 Å². The van der Waals surface area contributed by atoms with Gasteiger partial charge in [-0.2, -0.15) is 0 Å². The zero-order valence-electron chi connectivity index (χ0n) is 17.6. The number of fused-ring (bicyclic) bond motifs is 1. The van der Waals surface area contributed by atoms with Gasteiger partial charge in [0.05, 0.1) is 0 Å². The lowest BCUT2D eigenvalue weighted by Crippen LogP contribution is -2.20. The average molecular weight is 435 g/mol. The molecule has 2 aromatic heterocycles. The van der Waals surface area contributed by atoms with E-state index in [9.17, 15) is 9.18 Å². The van der Waals surface area contributed by atoms with Gasteiger partial charge in [0.1, 0.15) is 17.9 Å². The molecule has 4 aromatic rings. The molecule has 0 atom stereocenters. The molecule has 0 fully saturated rings. The number of anilines is 1. The second-order valence-electron chi connectivity index (χ2n) is 7.53. The Morgan fingerprint density at radius 2 is 1.84 bits per heavy atom. The average Bonchev–Trinajstić information content (AvgIpc) is 3.07. The third-order valence-electron chi connectivity index (χ3n) is 5.03. The summed E-state index contributed by atoms with van der Waals surface area (Å²) in [5, 5.41) is 3.66. The Kier molecular flexibility index (Phi) is 6.04. The monoisotopic (exact) mass is 434 g/mol. The number of thioether (sulfide) groups is 1. The summed E-state index contributed by atoms with van der Waals surface area (Å²) < 4.78 is 15.8. The molecule has 0 aliphatic heterocycles. The van der Waals surface area contributed by atoms with Crippen molar-refractivity contribution in [2.24, 2.45) is 0 Å². The summed E-state index contributed by atoms with van der Waals surface area (Å²) in [6.45, 7) is 6.08. The fourth-order valence-corrected chi connectivity index (χ4v) is 4.64. The van der Waals surface area contributed by atoms with Crippen LogP contribution in [0.25, 0.3) is 11.2 Å². The van der Waals surface area contributed by atoms with Gasteiger partial charge in [0, 0.05) is 17.6 Å². The molecule has 0 aliphatic rings. The number of nitrogens with zero attached hydrogens (tertiary/aromatic N) is 3. The number of hydrogen-bond donors (Lipinski definition) is 1. The molecular weight excluding hydrogens is 411 g/mol. The van der Waals surface area contributed by atoms with Crippen molar-refractivity contribution in [2.45, 2.75) is 38.2 Å². The van der Waals surface area contributed by atoms with Gasteiger partial charge in [-0.05, 0) is 55.7 Å². The number of nitrogens with one attached hydrogen (secondary N) is 1. The third kappa shape index (κ3) is 4.61. The molecule has 7 heteroatoms. The van der Waals surface area contributed by atoms with Gasteiger partial charge in [-0.1, -0.05) is 47.7 Å². The zero-order chi connectivity index (χ0) is 22.0. The molecular formula is C24H23FN4OS. The Morgan fingerprint density at radius 1 is 1.10 bits per heavy atom. The summed E-state index contributed by atoms with van der Waals surface area (Å²) in [6, 6.07) is 14.4. The Hall–Kier alpha value is -3.19. The minimum Gasteiger partial charge on any atom is -0.324 e. The molecule has 1 amide bonds. The molecule has 2 heterocycles. The van der Waals surface area contributed by atoms with E-state index in [1.807, 2.05) is 51.1 Å². The van der Waals surface area contributed by atoms with Gasteiger partial charge in [0.2, 0.25) is 5.91 Å². The maximum absolute atomic E-state index is 14.0. The molecule has 0 aliphatic carbocycles. The van der Waals surface area contributed by atoms with Gasteiger partial charge >= 0.3 is 0 Å². The lowest BCUT2D eigenvalue weighted by Gasteiger charge is -2.14. The fourth-order valence-electron chi connectivity index (χ4n) is 3.65. The molecule has 0 bridgehead atoms. The van der Waals surface area contributed by atoms with Gasteiger partial charge in [-0.25, -0.2) is 14.4 Å². The third-order valence-corrected chi connectivity index (χ3v) is 6.05. The number of imidazole rings is 1. The highest BCUT2D eigenvalue weighted by Gasteiger charge is 2.17. The van der Waals surface area contributed by atoms with E-state index >= 15 is 0 Å². The molecule has 0 saturated carbocycles. The molecule has 158 valence electrons. The summed E-state index contributed by atoms with van der Waals surface area (Å²) in [5.74, 6) is -0.0000484. The van der Waals surface area contributed by atoms with Gasteiger partial charge in [0.15, 0.2) is 10.8 Å². The van der Waals surface area contributed by atoms with E-state index in [0.717, 1.165) is 22.4 Å². The summed E-state index contributed by atoms with van der Waals surface area (Å²) >= 11 is 1.39. The highest BCUT2D eigenvalue weighted by molar-refractivity contribution is 7.98. The molecule has 0 spiro atoms. The van der Waals surface area contributed by atoms with Crippen molar-refractivity contribution in [1.29, 1.82) is 0 Å². The van der Waals surface area contributed by atoms with Crippen molar-refractivity contribution in [2.75, 3.05) is 5.32 Å². The Morgan fingerprint density at radius 3 is 2.58 bits per heavy atom. The number of aryl methyl sites for hydroxylation is 3. The molecule has 4 rings (SSSR count). The lowest BCUT2D eigenvalue weighted by molar-refractivity contribution is -0.116. The van der Waals surface area contributed by atoms with E-state index in [-0.39, 0.29) is 18.3 Å². The van der Waals surface area contributed by atoms with Gasteiger partial charge < -0.3 is 5.32 Å². The minimum absolute atomic E-state index is 0.0693. The van der Waals surface area contributed by atoms with E-state index in [0.29, 0.717) is 27.6 Å². The molecule has 0 radical (unpaired) electrons. The van der Waals surface area contributed by atoms with Crippen LogP contribution in [-0.2, 0) is 17.1 Å². The number of benzene rings is 2. The topological polar surface area (TPSA) is 59.8 Å². The number of carbonyl (C=O) groups is 1. The summed E-state index contributed by atoms with van der Waals surface area (Å²) in [5.41, 5.74) is 5.95. The number of hydrogen-bond acceptors (Lipinski definition) is 4. The number of rotatable bonds is 6. The van der Waals surface area contributed by atoms with Gasteiger partial charge in [-0.3, -0.25) is 9.36 Å². The Bertz CT molecular complexity index is 1240. The number of carbonyl (C=O) groups excluding carboxylic acids is 1. The van der Waals surface area contributed by atoms with Crippen molar-refractivity contribution < 1.29 is 9.18 Å². The van der Waals surface area contributed by atoms with E-state index in [4.69, 9.17) is 0 Å². The van der Waals surface area contributed by atoms with Crippen LogP contribution in [0.5, 0.6) is 0 Å². The van der Waals surface area contributed by atoms with Crippen LogP contribution in [0.1, 0.15) is 22.3 Å². The lowest BCUT2D eigenvalue weighted by atomic mass is 10.1. The summed E-state index contributed by atoms with van der Waals surface area (Å²) in [4.78, 5) is 22.0. The second kappa shape index (κ2) is 8.89. The van der Waals surface area contributed by atoms with Crippen LogP contribution in [0.3, 0.4) is 0 Å². The van der Waals surface area contributed by atoms with Gasteiger partial charge in [-0.15, -0.1) is 0 Å². The SMILES string of the molecule is Cc1cc(C)c(NC(=O)Cn2c(SCc3ccccc3F)nc3cccnc32)c(C)c1. The first-order valence-electron chi connectivity index (χ1n) is 9.97. The highest BCUT2D eigenvalue weighted by atomic mass is 32.2. The first-order chi connectivity index (χ1) is 14.9. The van der Waals surface area contributed by atoms with Crippen molar-refractivity contribution in [3.05, 3.63) is 82.8 Å². The van der Waals surface area contributed by atoms with Crippen molar-refractivity contribution >= 4 is 34.5 Å². The smallest absolute Gasteiger partial charge is 0.244 e. The van der Waals surface area contributed by atoms with Crippen LogP contribution in [-0.4, -0.2) is 20.4 Å². The van der Waals surface area contributed by atoms with E-state index in [2.05, 4.69) is 15.3 Å². The second-order valence-corrected chi connectivity index (χ2v) is 8.47. The van der Waals surface area contributed by atoms with Crippen LogP contribution < -0.4 is 5.32 Å². The van der Waals surface area contributed by atoms with E-state index in [1.54, 1.807) is 22.9 Å². The molecule has 0 saturated heterocycles. The van der Waals surface area contributed by atoms with Crippen LogP contribution in [0, 0.1) is 26.6 Å². The Balaban J connectivity index is 1.60. The maximum atomic E-state index is 14.0. The predicted octanol–water partition coefficient (Wildman–Crippen LogP) is 5.43. The normalized spacial score (nSPS) is 11.1. The maximum Gasteiger partial charge on any atom is 0.244 e. The number of amides is 1. The minimum atomic E-state index is -0.251. The van der Waals surface area contributed by atoms with Crippen molar-refractivity contribution in [3.8, 4) is 0 Å². The molecule has 2 aromatic carbocycles. The summed E-state index contributed by atoms with van der Waals surface area (Å²) in [6.07, 6.45) is 1.68. The Labute approximate surface area is 184 Å². The largest absolute Gasteiger partial charge is 0.324 e. The van der Waals surface area contributed by atoms with Crippen molar-refractivity contribution in [3.63, 3.8) is 0 Å². The highest BCUT2D eigenvalue weighted by Crippen LogP contribution is 2.27. The van der Waals surface area contributed by atoms with E-state index in [1.165, 1.54) is 17.8 Å². The number of aromatic nitrogens is 3. The first kappa shape index (κ1) is 21.1. The molecule has 31 heavy (non-hydrogen) atoms. The zero-order valence-corrected chi connectivity index (χ0v) is 18.5. The summed E-state index contributed by atoms with van der Waals surface area (Å²) in [7, 11) is 0. The van der Waals surface area contributed by atoms with Crippen LogP contribution in [0.15, 0.2) is 59.9 Å². The molecule has 5 nitrogen and oxygen atoms in total. The first-order valence-corrected chi connectivity index (χ1v) is 11.0. The van der Waals surface area contributed by atoms with Crippen LogP contribution in [0.4, 0.5) is 10.1 Å².